The molecule has 1 fully saturated rings. The highest BCUT2D eigenvalue weighted by atomic mass is 16.5. The molecule has 1 saturated heterocycles. The number of nitrogens with two attached hydrogens (primary N) is 1. The van der Waals surface area contributed by atoms with Crippen LogP contribution in [0.3, 0.4) is 0 Å². The fourth-order valence-corrected chi connectivity index (χ4v) is 5.35. The molecule has 0 bridgehead atoms. The first-order valence-corrected chi connectivity index (χ1v) is 12.5. The van der Waals surface area contributed by atoms with E-state index >= 15 is 0 Å². The molecule has 1 aliphatic carbocycles. The largest absolute Gasteiger partial charge is 0.428 e. The van der Waals surface area contributed by atoms with E-state index in [1.54, 1.807) is 14.2 Å². The van der Waals surface area contributed by atoms with Crippen LogP contribution in [0.5, 0.6) is 0 Å². The van der Waals surface area contributed by atoms with Crippen molar-refractivity contribution in [1.29, 1.82) is 0 Å². The average molecular weight is 478 g/mol. The second kappa shape index (κ2) is 11.6. The number of rotatable bonds is 11. The molecule has 5 N–H and O–H groups in total. The second-order valence-electron chi connectivity index (χ2n) is 10.2. The highest BCUT2D eigenvalue weighted by molar-refractivity contribution is 6.34. The van der Waals surface area contributed by atoms with Crippen LogP contribution in [0.15, 0.2) is 28.9 Å². The molecule has 3 aliphatic rings. The fraction of sp³-hybridized carbons (Fsp3) is 0.720. The van der Waals surface area contributed by atoms with Crippen LogP contribution in [0.4, 0.5) is 0 Å². The summed E-state index contributed by atoms with van der Waals surface area (Å²) in [5.74, 6) is 0.172. The SMILES string of the molecule is COCCCC[NH+]1C2=CC=CC([OH+]C)C2(C)N=C1C(=O)N(CC(C)C)C1CNCC(C(N)=O)C1. The van der Waals surface area contributed by atoms with Gasteiger partial charge in [-0.1, -0.05) is 19.9 Å². The third kappa shape index (κ3) is 5.59. The fourth-order valence-electron chi connectivity index (χ4n) is 5.35. The number of allylic oxidation sites excluding steroid dienone is 2. The van der Waals surface area contributed by atoms with Crippen molar-refractivity contribution in [3.63, 3.8) is 0 Å². The highest BCUT2D eigenvalue weighted by Gasteiger charge is 2.56. The highest BCUT2D eigenvalue weighted by Crippen LogP contribution is 2.31. The molecule has 34 heavy (non-hydrogen) atoms. The summed E-state index contributed by atoms with van der Waals surface area (Å²) >= 11 is 0. The molecule has 0 aromatic heterocycles. The molecule has 190 valence electrons. The van der Waals surface area contributed by atoms with Crippen LogP contribution in [0, 0.1) is 11.8 Å². The number of unbranched alkanes of at least 4 members (excludes halogenated alkanes) is 1. The zero-order chi connectivity index (χ0) is 24.9. The standard InChI is InChI=1S/C25H41N5O4/c1-17(2)16-30(19-13-18(22(26)31)14-27-15-19)24(32)23-28-25(3)20(9-8-10-21(25)34-5)29(23)11-6-7-12-33-4/h8-10,17-19,21,27H,6-7,11-16H2,1-5H3,(H2,26,31)/p+2. The Hall–Kier alpha value is -2.07. The summed E-state index contributed by atoms with van der Waals surface area (Å²) in [4.78, 5) is 34.1. The normalized spacial score (nSPS) is 30.6. The van der Waals surface area contributed by atoms with Gasteiger partial charge in [-0.3, -0.25) is 14.5 Å². The maximum absolute atomic E-state index is 14.2. The number of aliphatic imine (C=N–C) groups is 1. The smallest absolute Gasteiger partial charge is 0.329 e. The number of primary amides is 1. The van der Waals surface area contributed by atoms with Crippen LogP contribution in [0.25, 0.3) is 0 Å². The van der Waals surface area contributed by atoms with Crippen molar-refractivity contribution in [1.82, 2.24) is 10.2 Å². The monoisotopic (exact) mass is 477 g/mol. The van der Waals surface area contributed by atoms with Gasteiger partial charge in [0.25, 0.3) is 5.84 Å². The van der Waals surface area contributed by atoms with Crippen molar-refractivity contribution in [2.24, 2.45) is 22.6 Å². The molecule has 9 heteroatoms. The predicted octanol–water partition coefficient (Wildman–Crippen LogP) is -0.603. The van der Waals surface area contributed by atoms with Crippen molar-refractivity contribution >= 4 is 17.6 Å². The van der Waals surface area contributed by atoms with Crippen LogP contribution in [-0.4, -0.2) is 92.0 Å². The minimum Gasteiger partial charge on any atom is -0.428 e. The van der Waals surface area contributed by atoms with Gasteiger partial charge in [0.15, 0.2) is 5.70 Å². The quantitative estimate of drug-likeness (QED) is 0.272. The summed E-state index contributed by atoms with van der Waals surface area (Å²) in [6.07, 6.45) is 8.48. The van der Waals surface area contributed by atoms with E-state index in [-0.39, 0.29) is 35.8 Å². The number of quaternary nitrogens is 1. The first kappa shape index (κ1) is 26.5. The molecule has 0 spiro atoms. The lowest BCUT2D eigenvalue weighted by Crippen LogP contribution is -3.13. The van der Waals surface area contributed by atoms with E-state index in [9.17, 15) is 9.59 Å². The molecule has 0 radical (unpaired) electrons. The Morgan fingerprint density at radius 2 is 2.15 bits per heavy atom. The van der Waals surface area contributed by atoms with E-state index < -0.39 is 5.54 Å². The Morgan fingerprint density at radius 1 is 1.38 bits per heavy atom. The van der Waals surface area contributed by atoms with Crippen molar-refractivity contribution in [2.45, 2.75) is 57.7 Å². The summed E-state index contributed by atoms with van der Waals surface area (Å²) in [5, 5.41) is 3.31. The number of carbonyl (C=O) groups excluding carboxylic acids is 2. The zero-order valence-corrected chi connectivity index (χ0v) is 21.3. The summed E-state index contributed by atoms with van der Waals surface area (Å²) in [6, 6.07) is -0.104. The van der Waals surface area contributed by atoms with Gasteiger partial charge in [-0.25, -0.2) is 4.99 Å². The molecule has 0 aromatic rings. The van der Waals surface area contributed by atoms with Gasteiger partial charge in [0, 0.05) is 39.4 Å². The maximum Gasteiger partial charge on any atom is 0.329 e. The minimum absolute atomic E-state index is 0.0567. The number of piperidine rings is 1. The van der Waals surface area contributed by atoms with Crippen LogP contribution < -0.4 is 16.0 Å². The number of amides is 2. The van der Waals surface area contributed by atoms with Gasteiger partial charge in [0.1, 0.15) is 7.11 Å². The number of hydrogen-bond donors (Lipinski definition) is 3. The van der Waals surface area contributed by atoms with Crippen molar-refractivity contribution in [3.8, 4) is 0 Å². The Kier molecular flexibility index (Phi) is 9.03. The Labute approximate surface area is 203 Å². The molecule has 3 rings (SSSR count). The summed E-state index contributed by atoms with van der Waals surface area (Å²) in [5.41, 5.74) is 6.13. The van der Waals surface area contributed by atoms with Crippen LogP contribution in [0.2, 0.25) is 0 Å². The van der Waals surface area contributed by atoms with Crippen LogP contribution >= 0.6 is 0 Å². The van der Waals surface area contributed by atoms with Gasteiger partial charge in [-0.05, 0) is 44.3 Å². The minimum atomic E-state index is -0.574. The number of nitrogens with zero attached hydrogens (tertiary/aromatic N) is 2. The van der Waals surface area contributed by atoms with E-state index in [4.69, 9.17) is 15.5 Å². The summed E-state index contributed by atoms with van der Waals surface area (Å²) in [7, 11) is 3.51. The number of aliphatic hydroxyl groups is 2. The lowest BCUT2D eigenvalue weighted by molar-refractivity contribution is -0.760. The molecular formula is C25H43N5O4+2. The number of fused-ring (bicyclic) bond motifs is 1. The molecule has 2 amide bonds. The number of amidine groups is 1. The number of carbonyl (C=O) groups is 2. The maximum atomic E-state index is 14.2. The third-order valence-corrected chi connectivity index (χ3v) is 7.13. The molecule has 0 aromatic carbocycles. The number of methoxy groups -OCH3 is 1. The van der Waals surface area contributed by atoms with Crippen LogP contribution in [-0.2, 0) is 14.3 Å². The molecule has 5 unspecified atom stereocenters. The topological polar surface area (TPSA) is 114 Å². The van der Waals surface area contributed by atoms with E-state index in [1.807, 2.05) is 11.0 Å². The Balaban J connectivity index is 1.93. The first-order chi connectivity index (χ1) is 16.2. The number of ether oxygens (including phenoxy) is 2. The van der Waals surface area contributed by atoms with Gasteiger partial charge in [-0.15, -0.1) is 0 Å². The van der Waals surface area contributed by atoms with E-state index in [1.165, 1.54) is 0 Å². The first-order valence-electron chi connectivity index (χ1n) is 12.5. The Morgan fingerprint density at radius 3 is 2.79 bits per heavy atom. The van der Waals surface area contributed by atoms with Gasteiger partial charge < -0.3 is 25.4 Å². The summed E-state index contributed by atoms with van der Waals surface area (Å²) < 4.78 is 9.79. The van der Waals surface area contributed by atoms with Gasteiger partial charge in [-0.2, -0.15) is 0 Å². The number of hydrogen-bond acceptors (Lipinski definition) is 5. The van der Waals surface area contributed by atoms with Crippen LogP contribution in [0.1, 0.15) is 40.0 Å². The molecule has 5 atom stereocenters. The molecule has 2 aliphatic heterocycles. The molecule has 2 heterocycles. The van der Waals surface area contributed by atoms with E-state index in [0.717, 1.165) is 30.0 Å². The second-order valence-corrected chi connectivity index (χ2v) is 10.2. The third-order valence-electron chi connectivity index (χ3n) is 7.13. The van der Waals surface area contributed by atoms with Crippen molar-refractivity contribution < 1.29 is 24.0 Å². The average Bonchev–Trinajstić information content (AvgIpc) is 3.12. The van der Waals surface area contributed by atoms with Gasteiger partial charge in [0.05, 0.1) is 12.5 Å². The van der Waals surface area contributed by atoms with E-state index in [0.29, 0.717) is 38.5 Å². The van der Waals surface area contributed by atoms with Crippen molar-refractivity contribution in [2.75, 3.05) is 47.0 Å². The number of nitrogens with one attached hydrogen (secondary N) is 2. The molecular weight excluding hydrogens is 434 g/mol. The predicted molar refractivity (Wildman–Crippen MR) is 132 cm³/mol. The lowest BCUT2D eigenvalue weighted by atomic mass is 9.87. The molecule has 9 nitrogen and oxygen atoms in total. The van der Waals surface area contributed by atoms with Gasteiger partial charge in [0.2, 0.25) is 17.6 Å². The summed E-state index contributed by atoms with van der Waals surface area (Å²) in [6.45, 7) is 9.55. The Bertz CT molecular complexity index is 839. The molecule has 0 saturated carbocycles. The van der Waals surface area contributed by atoms with E-state index in [2.05, 4.69) is 43.0 Å². The zero-order valence-electron chi connectivity index (χ0n) is 21.3. The van der Waals surface area contributed by atoms with Gasteiger partial charge >= 0.3 is 5.91 Å². The lowest BCUT2D eigenvalue weighted by Gasteiger charge is -2.38. The van der Waals surface area contributed by atoms with Crippen molar-refractivity contribution in [3.05, 3.63) is 23.9 Å².